The van der Waals surface area contributed by atoms with Gasteiger partial charge in [-0.3, -0.25) is 0 Å². The van der Waals surface area contributed by atoms with Gasteiger partial charge in [0.15, 0.2) is 0 Å². The quantitative estimate of drug-likeness (QED) is 0.187. The van der Waals surface area contributed by atoms with Gasteiger partial charge in [0, 0.05) is 53.0 Å². The predicted octanol–water partition coefficient (Wildman–Crippen LogP) is 11.7. The largest absolute Gasteiger partial charge is 0.309 e. The third kappa shape index (κ3) is 3.27. The lowest BCUT2D eigenvalue weighted by Gasteiger charge is -2.12. The third-order valence-electron chi connectivity index (χ3n) is 9.17. The van der Waals surface area contributed by atoms with Gasteiger partial charge in [0.05, 0.1) is 22.2 Å². The number of hydrogen-bond acceptors (Lipinski definition) is 2. The zero-order valence-electron chi connectivity index (χ0n) is 23.7. The van der Waals surface area contributed by atoms with E-state index in [9.17, 15) is 0 Å². The van der Waals surface area contributed by atoms with Crippen LogP contribution in [0.3, 0.4) is 0 Å². The van der Waals surface area contributed by atoms with Gasteiger partial charge in [0.1, 0.15) is 0 Å². The fourth-order valence-corrected chi connectivity index (χ4v) is 8.50. The second-order valence-corrected chi connectivity index (χ2v) is 12.6. The van der Waals surface area contributed by atoms with Gasteiger partial charge in [0.2, 0.25) is 0 Å². The van der Waals surface area contributed by atoms with Crippen LogP contribution in [0.1, 0.15) is 0 Å². The third-order valence-corrected chi connectivity index (χ3v) is 10.4. The molecule has 0 unspecified atom stereocenters. The molecular formula is C41H24N2S. The molecule has 7 aromatic carbocycles. The van der Waals surface area contributed by atoms with Crippen LogP contribution in [0.5, 0.6) is 0 Å². The Balaban J connectivity index is 1.22. The number of thiophene rings is 1. The van der Waals surface area contributed by atoms with Crippen LogP contribution >= 0.6 is 11.3 Å². The van der Waals surface area contributed by atoms with Gasteiger partial charge in [-0.15, -0.1) is 11.3 Å². The first-order valence-corrected chi connectivity index (χ1v) is 15.8. The standard InChI is InChI=1S/C41H24N2S/c1-2-14-29-27(12-1)28-13-3-4-16-31(28)40-32(29)20-22-35(42-40)25-10-9-11-26(24-25)43-36-18-7-5-17-34(36)39-37(43)23-21-33-30-15-6-8-19-38(30)44-41(33)39/h1-24H. The molecule has 44 heavy (non-hydrogen) atoms. The number of fused-ring (bicyclic) bond motifs is 13. The Morgan fingerprint density at radius 3 is 1.91 bits per heavy atom. The van der Waals surface area contributed by atoms with Crippen molar-refractivity contribution >= 4 is 85.8 Å². The molecule has 10 aromatic rings. The topological polar surface area (TPSA) is 17.8 Å². The normalized spacial score (nSPS) is 12.1. The molecule has 10 rings (SSSR count). The average Bonchev–Trinajstić information content (AvgIpc) is 3.64. The first-order chi connectivity index (χ1) is 21.8. The van der Waals surface area contributed by atoms with E-state index in [-0.39, 0.29) is 0 Å². The summed E-state index contributed by atoms with van der Waals surface area (Å²) in [5.41, 5.74) is 6.72. The smallest absolute Gasteiger partial charge is 0.0794 e. The lowest BCUT2D eigenvalue weighted by atomic mass is 9.96. The predicted molar refractivity (Wildman–Crippen MR) is 189 cm³/mol. The maximum absolute atomic E-state index is 5.33. The van der Waals surface area contributed by atoms with Gasteiger partial charge < -0.3 is 4.57 Å². The second-order valence-electron chi connectivity index (χ2n) is 11.5. The zero-order valence-corrected chi connectivity index (χ0v) is 24.5. The highest BCUT2D eigenvalue weighted by molar-refractivity contribution is 7.26. The van der Waals surface area contributed by atoms with Crippen molar-refractivity contribution in [3.63, 3.8) is 0 Å². The van der Waals surface area contributed by atoms with Crippen molar-refractivity contribution in [3.05, 3.63) is 146 Å². The summed E-state index contributed by atoms with van der Waals surface area (Å²) in [6.07, 6.45) is 0. The van der Waals surface area contributed by atoms with Crippen molar-refractivity contribution in [1.29, 1.82) is 0 Å². The minimum absolute atomic E-state index is 0.979. The molecule has 3 aromatic heterocycles. The molecule has 2 nitrogen and oxygen atoms in total. The average molecular weight is 577 g/mol. The fourth-order valence-electron chi connectivity index (χ4n) is 7.24. The lowest BCUT2D eigenvalue weighted by Crippen LogP contribution is -1.95. The van der Waals surface area contributed by atoms with Crippen molar-refractivity contribution in [2.24, 2.45) is 0 Å². The van der Waals surface area contributed by atoms with Crippen molar-refractivity contribution < 1.29 is 0 Å². The summed E-state index contributed by atoms with van der Waals surface area (Å²) >= 11 is 1.89. The molecule has 204 valence electrons. The first kappa shape index (κ1) is 24.0. The number of pyridine rings is 1. The SMILES string of the molecule is c1cc(-c2ccc3c4ccccc4c4ccccc4c3n2)cc(-n2c3ccccc3c3c4sc5ccccc5c4ccc32)c1. The molecule has 0 aliphatic heterocycles. The van der Waals surface area contributed by atoms with Crippen LogP contribution in [-0.4, -0.2) is 9.55 Å². The molecule has 0 saturated carbocycles. The minimum Gasteiger partial charge on any atom is -0.309 e. The fraction of sp³-hybridized carbons (Fsp3) is 0. The van der Waals surface area contributed by atoms with Crippen LogP contribution in [0.4, 0.5) is 0 Å². The number of para-hydroxylation sites is 1. The van der Waals surface area contributed by atoms with Gasteiger partial charge in [0.25, 0.3) is 0 Å². The van der Waals surface area contributed by atoms with E-state index >= 15 is 0 Å². The van der Waals surface area contributed by atoms with E-state index < -0.39 is 0 Å². The maximum Gasteiger partial charge on any atom is 0.0794 e. The van der Waals surface area contributed by atoms with Gasteiger partial charge in [-0.2, -0.15) is 0 Å². The monoisotopic (exact) mass is 576 g/mol. The van der Waals surface area contributed by atoms with Crippen LogP contribution in [0.25, 0.3) is 91.4 Å². The molecule has 0 spiro atoms. The molecule has 0 N–H and O–H groups in total. The van der Waals surface area contributed by atoms with E-state index in [1.54, 1.807) is 0 Å². The summed E-state index contributed by atoms with van der Waals surface area (Å²) in [6.45, 7) is 0. The second kappa shape index (κ2) is 9.00. The molecule has 0 saturated heterocycles. The van der Waals surface area contributed by atoms with Gasteiger partial charge in [-0.25, -0.2) is 4.98 Å². The molecule has 0 bridgehead atoms. The number of nitrogens with zero attached hydrogens (tertiary/aromatic N) is 2. The van der Waals surface area contributed by atoms with Crippen molar-refractivity contribution in [3.8, 4) is 16.9 Å². The summed E-state index contributed by atoms with van der Waals surface area (Å²) < 4.78 is 5.10. The Kier molecular flexibility index (Phi) is 4.90. The summed E-state index contributed by atoms with van der Waals surface area (Å²) in [5, 5.41) is 11.4. The van der Waals surface area contributed by atoms with E-state index in [2.05, 4.69) is 150 Å². The van der Waals surface area contributed by atoms with Crippen LogP contribution in [0, 0.1) is 0 Å². The van der Waals surface area contributed by atoms with Crippen LogP contribution < -0.4 is 0 Å². The van der Waals surface area contributed by atoms with Gasteiger partial charge >= 0.3 is 0 Å². The molecule has 3 heterocycles. The van der Waals surface area contributed by atoms with Crippen LogP contribution in [-0.2, 0) is 0 Å². The van der Waals surface area contributed by atoms with Gasteiger partial charge in [-0.1, -0.05) is 103 Å². The highest BCUT2D eigenvalue weighted by Crippen LogP contribution is 2.43. The molecule has 0 aliphatic rings. The molecular weight excluding hydrogens is 553 g/mol. The number of aromatic nitrogens is 2. The highest BCUT2D eigenvalue weighted by Gasteiger charge is 2.18. The first-order valence-electron chi connectivity index (χ1n) is 15.0. The molecule has 0 amide bonds. The molecule has 0 radical (unpaired) electrons. The number of hydrogen-bond donors (Lipinski definition) is 0. The van der Waals surface area contributed by atoms with E-state index in [1.807, 2.05) is 11.3 Å². The minimum atomic E-state index is 0.979. The lowest BCUT2D eigenvalue weighted by molar-refractivity contribution is 1.18. The van der Waals surface area contributed by atoms with Crippen molar-refractivity contribution in [1.82, 2.24) is 9.55 Å². The molecule has 0 atom stereocenters. The Bertz CT molecular complexity index is 2750. The van der Waals surface area contributed by atoms with E-state index in [0.29, 0.717) is 0 Å². The van der Waals surface area contributed by atoms with Crippen LogP contribution in [0.15, 0.2) is 146 Å². The summed E-state index contributed by atoms with van der Waals surface area (Å²) in [7, 11) is 0. The Morgan fingerprint density at radius 1 is 0.455 bits per heavy atom. The molecule has 0 fully saturated rings. The zero-order chi connectivity index (χ0) is 28.8. The van der Waals surface area contributed by atoms with Crippen molar-refractivity contribution in [2.75, 3.05) is 0 Å². The number of benzene rings is 7. The summed E-state index contributed by atoms with van der Waals surface area (Å²) in [4.78, 5) is 5.33. The Morgan fingerprint density at radius 2 is 1.09 bits per heavy atom. The van der Waals surface area contributed by atoms with E-state index in [4.69, 9.17) is 4.98 Å². The summed E-state index contributed by atoms with van der Waals surface area (Å²) in [5.74, 6) is 0. The van der Waals surface area contributed by atoms with Crippen LogP contribution in [0.2, 0.25) is 0 Å². The van der Waals surface area contributed by atoms with Crippen molar-refractivity contribution in [2.45, 2.75) is 0 Å². The Labute approximate surface area is 257 Å². The highest BCUT2D eigenvalue weighted by atomic mass is 32.1. The maximum atomic E-state index is 5.33. The Hall–Kier alpha value is -5.51. The molecule has 0 aliphatic carbocycles. The van der Waals surface area contributed by atoms with Gasteiger partial charge in [-0.05, 0) is 58.6 Å². The van der Waals surface area contributed by atoms with E-state index in [1.165, 1.54) is 68.9 Å². The van der Waals surface area contributed by atoms with E-state index in [0.717, 1.165) is 22.5 Å². The summed E-state index contributed by atoms with van der Waals surface area (Å²) in [6, 6.07) is 52.7. The number of rotatable bonds is 2. The molecule has 3 heteroatoms.